The summed E-state index contributed by atoms with van der Waals surface area (Å²) in [4.78, 5) is 36.8. The standard InChI is InChI=1S/C19H23N3O5S/c23-17(15(28)12-13-6-2-1-3-7-13)20-14-8-4-10-21-11-5-9-16(27-19(25)26)22(21)18(14)24/h1-3,6-7,14,16H,4-5,8-12H2,(H,20,23)(H,25,26)/t14-,16+/m0/s1. The number of nitrogens with one attached hydrogen (secondary N) is 1. The number of benzene rings is 1. The second-order valence-corrected chi connectivity index (χ2v) is 7.36. The molecule has 0 unspecified atom stereocenters. The molecule has 2 saturated heterocycles. The molecule has 2 aliphatic heterocycles. The molecule has 2 N–H and O–H groups in total. The van der Waals surface area contributed by atoms with Crippen LogP contribution in [0.15, 0.2) is 30.3 Å². The Morgan fingerprint density at radius 3 is 2.54 bits per heavy atom. The Morgan fingerprint density at radius 2 is 1.86 bits per heavy atom. The molecule has 28 heavy (non-hydrogen) atoms. The Labute approximate surface area is 168 Å². The van der Waals surface area contributed by atoms with Gasteiger partial charge in [0.15, 0.2) is 6.23 Å². The van der Waals surface area contributed by atoms with Gasteiger partial charge in [0.25, 0.3) is 11.8 Å². The zero-order valence-electron chi connectivity index (χ0n) is 15.4. The highest BCUT2D eigenvalue weighted by atomic mass is 32.1. The molecular formula is C19H23N3O5S. The lowest BCUT2D eigenvalue weighted by Crippen LogP contribution is -2.60. The molecule has 2 aliphatic rings. The number of ether oxygens (including phenoxy) is 1. The number of amides is 2. The van der Waals surface area contributed by atoms with E-state index in [-0.39, 0.29) is 10.8 Å². The van der Waals surface area contributed by atoms with E-state index in [0.29, 0.717) is 38.8 Å². The summed E-state index contributed by atoms with van der Waals surface area (Å²) in [5, 5.41) is 14.9. The van der Waals surface area contributed by atoms with E-state index < -0.39 is 24.3 Å². The molecule has 2 fully saturated rings. The number of thiocarbonyl (C=S) groups is 1. The number of fused-ring (bicyclic) bond motifs is 1. The van der Waals surface area contributed by atoms with Gasteiger partial charge in [0.05, 0.1) is 4.86 Å². The molecule has 0 spiro atoms. The molecule has 0 bridgehead atoms. The van der Waals surface area contributed by atoms with Gasteiger partial charge in [-0.1, -0.05) is 42.5 Å². The Kier molecular flexibility index (Phi) is 6.58. The van der Waals surface area contributed by atoms with Crippen LogP contribution in [0.4, 0.5) is 4.79 Å². The van der Waals surface area contributed by atoms with Crippen LogP contribution >= 0.6 is 12.2 Å². The van der Waals surface area contributed by atoms with Crippen molar-refractivity contribution in [3.05, 3.63) is 35.9 Å². The Morgan fingerprint density at radius 1 is 1.18 bits per heavy atom. The molecular weight excluding hydrogens is 382 g/mol. The van der Waals surface area contributed by atoms with E-state index >= 15 is 0 Å². The third-order valence-electron chi connectivity index (χ3n) is 4.88. The molecule has 8 nitrogen and oxygen atoms in total. The number of rotatable bonds is 5. The predicted molar refractivity (Wildman–Crippen MR) is 104 cm³/mol. The van der Waals surface area contributed by atoms with Crippen LogP contribution < -0.4 is 5.32 Å². The van der Waals surface area contributed by atoms with Crippen LogP contribution in [0, 0.1) is 0 Å². The summed E-state index contributed by atoms with van der Waals surface area (Å²) >= 11 is 5.25. The first-order chi connectivity index (χ1) is 13.5. The van der Waals surface area contributed by atoms with E-state index in [9.17, 15) is 14.4 Å². The Balaban J connectivity index is 1.67. The van der Waals surface area contributed by atoms with E-state index in [2.05, 4.69) is 5.32 Å². The third kappa shape index (κ3) is 4.85. The largest absolute Gasteiger partial charge is 0.507 e. The van der Waals surface area contributed by atoms with E-state index in [1.54, 1.807) is 0 Å². The number of carboxylic acid groups (broad SMARTS) is 1. The van der Waals surface area contributed by atoms with Crippen LogP contribution in [0.2, 0.25) is 0 Å². The Bertz CT molecular complexity index is 757. The van der Waals surface area contributed by atoms with Crippen LogP contribution in [0.25, 0.3) is 0 Å². The third-order valence-corrected chi connectivity index (χ3v) is 5.21. The SMILES string of the molecule is O=C(O)O[C@@H]1CCCN2CCC[C@H](NC(=O)C(=S)Cc3ccccc3)C(=O)N12. The van der Waals surface area contributed by atoms with Crippen molar-refractivity contribution < 1.29 is 24.2 Å². The molecule has 1 aromatic carbocycles. The number of hydrogen-bond acceptors (Lipinski definition) is 6. The zero-order chi connectivity index (χ0) is 20.1. The lowest BCUT2D eigenvalue weighted by Gasteiger charge is -2.42. The fourth-order valence-corrected chi connectivity index (χ4v) is 3.81. The van der Waals surface area contributed by atoms with E-state index in [4.69, 9.17) is 22.1 Å². The van der Waals surface area contributed by atoms with E-state index in [1.807, 2.05) is 35.3 Å². The molecule has 2 heterocycles. The topological polar surface area (TPSA) is 99.2 Å². The fourth-order valence-electron chi connectivity index (χ4n) is 3.58. The maximum atomic E-state index is 13.0. The average molecular weight is 405 g/mol. The van der Waals surface area contributed by atoms with Gasteiger partial charge >= 0.3 is 6.16 Å². The monoisotopic (exact) mass is 405 g/mol. The first-order valence-corrected chi connectivity index (χ1v) is 9.71. The number of nitrogens with zero attached hydrogens (tertiary/aromatic N) is 2. The van der Waals surface area contributed by atoms with Gasteiger partial charge in [-0.15, -0.1) is 0 Å². The summed E-state index contributed by atoms with van der Waals surface area (Å²) in [5.41, 5.74) is 0.923. The van der Waals surface area contributed by atoms with Gasteiger partial charge in [-0.3, -0.25) is 9.59 Å². The van der Waals surface area contributed by atoms with Gasteiger partial charge in [0.2, 0.25) is 0 Å². The van der Waals surface area contributed by atoms with Gasteiger partial charge < -0.3 is 15.2 Å². The second-order valence-electron chi connectivity index (χ2n) is 6.87. The van der Waals surface area contributed by atoms with Crippen LogP contribution in [-0.4, -0.2) is 63.3 Å². The number of hydrazine groups is 1. The molecule has 0 aliphatic carbocycles. The van der Waals surface area contributed by atoms with Crippen molar-refractivity contribution in [1.29, 1.82) is 0 Å². The number of carbonyl (C=O) groups is 3. The molecule has 9 heteroatoms. The summed E-state index contributed by atoms with van der Waals surface area (Å²) in [5.74, 6) is -0.808. The summed E-state index contributed by atoms with van der Waals surface area (Å²) in [6.45, 7) is 1.25. The van der Waals surface area contributed by atoms with Gasteiger partial charge in [0.1, 0.15) is 6.04 Å². The lowest BCUT2D eigenvalue weighted by molar-refractivity contribution is -0.190. The van der Waals surface area contributed by atoms with Crippen molar-refractivity contribution in [3.8, 4) is 0 Å². The minimum absolute atomic E-state index is 0.206. The van der Waals surface area contributed by atoms with Crippen LogP contribution in [-0.2, 0) is 20.7 Å². The highest BCUT2D eigenvalue weighted by Crippen LogP contribution is 2.24. The van der Waals surface area contributed by atoms with Crippen LogP contribution in [0.1, 0.15) is 31.2 Å². The maximum Gasteiger partial charge on any atom is 0.507 e. The quantitative estimate of drug-likeness (QED) is 0.569. The van der Waals surface area contributed by atoms with Gasteiger partial charge in [-0.2, -0.15) is 0 Å². The normalized spacial score (nSPS) is 22.7. The zero-order valence-corrected chi connectivity index (χ0v) is 16.2. The molecule has 0 radical (unpaired) electrons. The molecule has 0 saturated carbocycles. The first-order valence-electron chi connectivity index (χ1n) is 9.31. The van der Waals surface area contributed by atoms with E-state index in [1.165, 1.54) is 5.01 Å². The van der Waals surface area contributed by atoms with Crippen molar-refractivity contribution in [2.45, 2.75) is 44.4 Å². The second kappa shape index (κ2) is 9.11. The molecule has 2 amide bonds. The van der Waals surface area contributed by atoms with Crippen molar-refractivity contribution >= 4 is 35.1 Å². The smallest absolute Gasteiger partial charge is 0.450 e. The number of hydrogen-bond donors (Lipinski definition) is 2. The van der Waals surface area contributed by atoms with Crippen LogP contribution in [0.5, 0.6) is 0 Å². The van der Waals surface area contributed by atoms with E-state index in [0.717, 1.165) is 12.0 Å². The molecule has 2 atom stereocenters. The van der Waals surface area contributed by atoms with Crippen molar-refractivity contribution in [1.82, 2.24) is 15.3 Å². The minimum atomic E-state index is -1.42. The summed E-state index contributed by atoms with van der Waals surface area (Å²) < 4.78 is 4.91. The predicted octanol–water partition coefficient (Wildman–Crippen LogP) is 1.74. The first kappa shape index (κ1) is 20.2. The molecule has 1 aromatic rings. The van der Waals surface area contributed by atoms with Gasteiger partial charge in [-0.25, -0.2) is 14.8 Å². The highest BCUT2D eigenvalue weighted by molar-refractivity contribution is 7.82. The summed E-state index contributed by atoms with van der Waals surface area (Å²) in [6.07, 6.45) is 0.357. The van der Waals surface area contributed by atoms with Crippen molar-refractivity contribution in [3.63, 3.8) is 0 Å². The van der Waals surface area contributed by atoms with Crippen LogP contribution in [0.3, 0.4) is 0 Å². The minimum Gasteiger partial charge on any atom is -0.450 e. The summed E-state index contributed by atoms with van der Waals surface area (Å²) in [7, 11) is 0. The number of carbonyl (C=O) groups excluding carboxylic acids is 2. The van der Waals surface area contributed by atoms with Gasteiger partial charge in [0, 0.05) is 25.9 Å². The fraction of sp³-hybridized carbons (Fsp3) is 0.474. The van der Waals surface area contributed by atoms with Gasteiger partial charge in [-0.05, 0) is 24.8 Å². The molecule has 3 rings (SSSR count). The lowest BCUT2D eigenvalue weighted by atomic mass is 10.1. The van der Waals surface area contributed by atoms with Crippen molar-refractivity contribution in [2.75, 3.05) is 13.1 Å². The molecule has 0 aromatic heterocycles. The molecule has 150 valence electrons. The highest BCUT2D eigenvalue weighted by Gasteiger charge is 2.41. The maximum absolute atomic E-state index is 13.0. The Hall–Kier alpha value is -2.52. The summed E-state index contributed by atoms with van der Waals surface area (Å²) in [6, 6.07) is 8.64. The van der Waals surface area contributed by atoms with Crippen molar-refractivity contribution in [2.24, 2.45) is 0 Å². The average Bonchev–Trinajstić information content (AvgIpc) is 2.82.